The van der Waals surface area contributed by atoms with Crippen molar-refractivity contribution in [3.8, 4) is 0 Å². The van der Waals surface area contributed by atoms with Crippen LogP contribution in [0.3, 0.4) is 0 Å². The van der Waals surface area contributed by atoms with Gasteiger partial charge in [-0.1, -0.05) is 30.5 Å². The van der Waals surface area contributed by atoms with Crippen molar-refractivity contribution in [1.29, 1.82) is 0 Å². The lowest BCUT2D eigenvalue weighted by molar-refractivity contribution is 0.0947. The van der Waals surface area contributed by atoms with Gasteiger partial charge in [0.1, 0.15) is 10.8 Å². The molecule has 1 saturated carbocycles. The molecule has 15 heavy (non-hydrogen) atoms. The smallest absolute Gasteiger partial charge is 0.269 e. The molecule has 1 fully saturated rings. The van der Waals surface area contributed by atoms with E-state index < -0.39 is 0 Å². The van der Waals surface area contributed by atoms with Crippen molar-refractivity contribution in [3.05, 3.63) is 29.0 Å². The molecule has 4 heteroatoms. The van der Waals surface area contributed by atoms with Gasteiger partial charge in [-0.15, -0.1) is 0 Å². The first-order valence-electron chi connectivity index (χ1n) is 5.16. The molecule has 1 aromatic rings. The summed E-state index contributed by atoms with van der Waals surface area (Å²) >= 11 is 5.69. The van der Waals surface area contributed by atoms with Crippen LogP contribution in [0.1, 0.15) is 29.8 Å². The maximum Gasteiger partial charge on any atom is 0.269 e. The van der Waals surface area contributed by atoms with Gasteiger partial charge in [-0.2, -0.15) is 0 Å². The minimum absolute atomic E-state index is 0.141. The summed E-state index contributed by atoms with van der Waals surface area (Å²) in [6, 6.07) is 5.05. The van der Waals surface area contributed by atoms with Gasteiger partial charge in [0.25, 0.3) is 5.91 Å². The van der Waals surface area contributed by atoms with Gasteiger partial charge < -0.3 is 5.32 Å². The Bertz CT molecular complexity index is 363. The van der Waals surface area contributed by atoms with E-state index in [1.807, 2.05) is 0 Å². The molecule has 0 saturated heterocycles. The summed E-state index contributed by atoms with van der Waals surface area (Å²) in [4.78, 5) is 15.5. The summed E-state index contributed by atoms with van der Waals surface area (Å²) in [5.41, 5.74) is 0.387. The third kappa shape index (κ3) is 3.20. The van der Waals surface area contributed by atoms with Crippen molar-refractivity contribution in [2.75, 3.05) is 6.54 Å². The molecule has 1 N–H and O–H groups in total. The molecule has 1 aliphatic rings. The molecular formula is C11H13ClN2O. The van der Waals surface area contributed by atoms with Crippen molar-refractivity contribution in [2.45, 2.75) is 19.3 Å². The number of hydrogen-bond acceptors (Lipinski definition) is 2. The number of carbonyl (C=O) groups excluding carboxylic acids is 1. The summed E-state index contributed by atoms with van der Waals surface area (Å²) in [5.74, 6) is 0.691. The van der Waals surface area contributed by atoms with Gasteiger partial charge in [0.15, 0.2) is 0 Å². The molecule has 1 heterocycles. The first-order chi connectivity index (χ1) is 7.25. The van der Waals surface area contributed by atoms with Crippen LogP contribution in [0.15, 0.2) is 18.2 Å². The van der Waals surface area contributed by atoms with Crippen molar-refractivity contribution in [2.24, 2.45) is 5.92 Å². The van der Waals surface area contributed by atoms with E-state index in [2.05, 4.69) is 10.3 Å². The topological polar surface area (TPSA) is 42.0 Å². The van der Waals surface area contributed by atoms with Gasteiger partial charge in [0.2, 0.25) is 0 Å². The molecule has 1 aliphatic carbocycles. The second-order valence-corrected chi connectivity index (χ2v) is 4.22. The van der Waals surface area contributed by atoms with Crippen molar-refractivity contribution in [3.63, 3.8) is 0 Å². The molecule has 2 rings (SSSR count). The fourth-order valence-corrected chi connectivity index (χ4v) is 1.59. The number of halogens is 1. The average molecular weight is 225 g/mol. The average Bonchev–Trinajstić information content (AvgIpc) is 3.01. The number of hydrogen-bond donors (Lipinski definition) is 1. The molecular weight excluding hydrogens is 212 g/mol. The van der Waals surface area contributed by atoms with Gasteiger partial charge in [-0.05, 0) is 24.5 Å². The second kappa shape index (κ2) is 4.62. The zero-order valence-corrected chi connectivity index (χ0v) is 9.13. The molecule has 0 spiro atoms. The Balaban J connectivity index is 1.83. The van der Waals surface area contributed by atoms with E-state index in [4.69, 9.17) is 11.6 Å². The number of pyridine rings is 1. The lowest BCUT2D eigenvalue weighted by Gasteiger charge is -2.03. The van der Waals surface area contributed by atoms with Gasteiger partial charge in [-0.25, -0.2) is 4.98 Å². The highest BCUT2D eigenvalue weighted by molar-refractivity contribution is 6.29. The van der Waals surface area contributed by atoms with Crippen LogP contribution < -0.4 is 5.32 Å². The largest absolute Gasteiger partial charge is 0.351 e. The summed E-state index contributed by atoms with van der Waals surface area (Å²) in [7, 11) is 0. The van der Waals surface area contributed by atoms with E-state index in [0.29, 0.717) is 10.8 Å². The number of amides is 1. The summed E-state index contributed by atoms with van der Waals surface area (Å²) in [6.45, 7) is 0.734. The molecule has 0 radical (unpaired) electrons. The van der Waals surface area contributed by atoms with Crippen LogP contribution in [0.2, 0.25) is 5.15 Å². The first kappa shape index (κ1) is 10.4. The minimum Gasteiger partial charge on any atom is -0.351 e. The Morgan fingerprint density at radius 2 is 2.33 bits per heavy atom. The highest BCUT2D eigenvalue weighted by Crippen LogP contribution is 2.31. The summed E-state index contributed by atoms with van der Waals surface area (Å²) in [6.07, 6.45) is 3.70. The quantitative estimate of drug-likeness (QED) is 0.798. The molecule has 80 valence electrons. The molecule has 0 aliphatic heterocycles. The highest BCUT2D eigenvalue weighted by atomic mass is 35.5. The van der Waals surface area contributed by atoms with Gasteiger partial charge in [0, 0.05) is 6.54 Å². The lowest BCUT2D eigenvalue weighted by Crippen LogP contribution is -2.25. The van der Waals surface area contributed by atoms with Crippen molar-refractivity contribution >= 4 is 17.5 Å². The van der Waals surface area contributed by atoms with Crippen LogP contribution in [0.4, 0.5) is 0 Å². The number of carbonyl (C=O) groups is 1. The van der Waals surface area contributed by atoms with Crippen LogP contribution in [-0.4, -0.2) is 17.4 Å². The normalized spacial score (nSPS) is 15.0. The predicted molar refractivity (Wildman–Crippen MR) is 58.9 cm³/mol. The minimum atomic E-state index is -0.141. The molecule has 0 atom stereocenters. The Labute approximate surface area is 93.8 Å². The van der Waals surface area contributed by atoms with Gasteiger partial charge in [-0.3, -0.25) is 4.79 Å². The van der Waals surface area contributed by atoms with E-state index in [1.54, 1.807) is 18.2 Å². The molecule has 1 amide bonds. The number of aromatic nitrogens is 1. The Morgan fingerprint density at radius 1 is 1.53 bits per heavy atom. The Morgan fingerprint density at radius 3 is 3.00 bits per heavy atom. The van der Waals surface area contributed by atoms with Crippen molar-refractivity contribution < 1.29 is 4.79 Å². The monoisotopic (exact) mass is 224 g/mol. The third-order valence-electron chi connectivity index (χ3n) is 2.48. The fourth-order valence-electron chi connectivity index (χ4n) is 1.42. The van der Waals surface area contributed by atoms with Crippen LogP contribution in [0.25, 0.3) is 0 Å². The van der Waals surface area contributed by atoms with Gasteiger partial charge in [0.05, 0.1) is 0 Å². The maximum atomic E-state index is 11.6. The number of nitrogens with one attached hydrogen (secondary N) is 1. The van der Waals surface area contributed by atoms with Gasteiger partial charge >= 0.3 is 0 Å². The van der Waals surface area contributed by atoms with E-state index in [0.717, 1.165) is 18.9 Å². The van der Waals surface area contributed by atoms with Crippen LogP contribution in [-0.2, 0) is 0 Å². The van der Waals surface area contributed by atoms with E-state index in [9.17, 15) is 4.79 Å². The second-order valence-electron chi connectivity index (χ2n) is 3.83. The van der Waals surface area contributed by atoms with Crippen LogP contribution >= 0.6 is 11.6 Å². The maximum absolute atomic E-state index is 11.6. The predicted octanol–water partition coefficient (Wildman–Crippen LogP) is 2.26. The standard InChI is InChI=1S/C11H13ClN2O/c12-10-3-1-2-9(14-10)11(15)13-7-6-8-4-5-8/h1-3,8H,4-7H2,(H,13,15). The van der Waals surface area contributed by atoms with Crippen LogP contribution in [0.5, 0.6) is 0 Å². The van der Waals surface area contributed by atoms with Crippen LogP contribution in [0, 0.1) is 5.92 Å². The highest BCUT2D eigenvalue weighted by Gasteiger charge is 2.20. The summed E-state index contributed by atoms with van der Waals surface area (Å²) in [5, 5.41) is 3.19. The Hall–Kier alpha value is -1.09. The number of rotatable bonds is 4. The fraction of sp³-hybridized carbons (Fsp3) is 0.455. The Kier molecular flexibility index (Phi) is 3.21. The zero-order chi connectivity index (χ0) is 10.7. The van der Waals surface area contributed by atoms with Crippen molar-refractivity contribution in [1.82, 2.24) is 10.3 Å². The lowest BCUT2D eigenvalue weighted by atomic mass is 10.3. The number of nitrogens with zero attached hydrogens (tertiary/aromatic N) is 1. The third-order valence-corrected chi connectivity index (χ3v) is 2.69. The molecule has 0 bridgehead atoms. The molecule has 0 unspecified atom stereocenters. The SMILES string of the molecule is O=C(NCCC1CC1)c1cccc(Cl)n1. The zero-order valence-electron chi connectivity index (χ0n) is 8.37. The first-order valence-corrected chi connectivity index (χ1v) is 5.54. The molecule has 0 aromatic carbocycles. The van der Waals surface area contributed by atoms with E-state index in [1.165, 1.54) is 12.8 Å². The van der Waals surface area contributed by atoms with E-state index >= 15 is 0 Å². The summed E-state index contributed by atoms with van der Waals surface area (Å²) < 4.78 is 0. The van der Waals surface area contributed by atoms with E-state index in [-0.39, 0.29) is 5.91 Å². The molecule has 1 aromatic heterocycles. The molecule has 3 nitrogen and oxygen atoms in total.